The van der Waals surface area contributed by atoms with E-state index < -0.39 is 29.4 Å². The second-order valence-corrected chi connectivity index (χ2v) is 12.1. The summed E-state index contributed by atoms with van der Waals surface area (Å²) in [6.45, 7) is 6.12. The maximum atomic E-state index is 14.3. The lowest BCUT2D eigenvalue weighted by Gasteiger charge is -2.34. The van der Waals surface area contributed by atoms with Gasteiger partial charge >= 0.3 is 12.3 Å². The fourth-order valence-corrected chi connectivity index (χ4v) is 5.43. The van der Waals surface area contributed by atoms with Crippen LogP contribution in [0.25, 0.3) is 0 Å². The first kappa shape index (κ1) is 33.0. The summed E-state index contributed by atoms with van der Waals surface area (Å²) in [5, 5.41) is 3.00. The summed E-state index contributed by atoms with van der Waals surface area (Å²) in [7, 11) is 3.00. The van der Waals surface area contributed by atoms with Crippen LogP contribution in [0.2, 0.25) is 0 Å². The molecule has 14 heteroatoms. The number of piperidine rings is 1. The highest BCUT2D eigenvalue weighted by atomic mass is 32.2. The summed E-state index contributed by atoms with van der Waals surface area (Å²) in [6.07, 6.45) is -3.10. The van der Waals surface area contributed by atoms with Crippen molar-refractivity contribution in [1.82, 2.24) is 14.9 Å². The molecule has 2 aromatic heterocycles. The average Bonchev–Trinajstić information content (AvgIpc) is 2.96. The SMILES string of the molecule is COc1ccc(CN(Sc2cc(C(F)(F)F)c(NC3CCN(C(=O)OC(C)(C)C)CC3)cn2)c2cccc(F)n2)c(OC)c1. The smallest absolute Gasteiger partial charge is 0.418 e. The van der Waals surface area contributed by atoms with Gasteiger partial charge in [0.1, 0.15) is 27.9 Å². The maximum Gasteiger partial charge on any atom is 0.418 e. The van der Waals surface area contributed by atoms with Crippen molar-refractivity contribution in [3.05, 3.63) is 65.7 Å². The lowest BCUT2D eigenvalue weighted by molar-refractivity contribution is -0.137. The minimum atomic E-state index is -4.68. The van der Waals surface area contributed by atoms with Crippen LogP contribution < -0.4 is 19.1 Å². The lowest BCUT2D eigenvalue weighted by atomic mass is 10.0. The molecule has 1 aliphatic heterocycles. The number of amides is 1. The number of nitrogens with zero attached hydrogens (tertiary/aromatic N) is 4. The lowest BCUT2D eigenvalue weighted by Crippen LogP contribution is -2.44. The van der Waals surface area contributed by atoms with Gasteiger partial charge < -0.3 is 24.4 Å². The molecular weight excluding hydrogens is 602 g/mol. The molecular formula is C30H35F4N5O4S. The highest BCUT2D eigenvalue weighted by Gasteiger charge is 2.36. The molecule has 4 rings (SSSR count). The number of nitrogens with one attached hydrogen (secondary N) is 1. The number of alkyl halides is 3. The number of benzene rings is 1. The number of methoxy groups -OCH3 is 2. The summed E-state index contributed by atoms with van der Waals surface area (Å²) in [5.41, 5.74) is -1.03. The number of aromatic nitrogens is 2. The van der Waals surface area contributed by atoms with Crippen molar-refractivity contribution in [3.63, 3.8) is 0 Å². The van der Waals surface area contributed by atoms with Gasteiger partial charge in [-0.15, -0.1) is 0 Å². The Balaban J connectivity index is 1.55. The number of carbonyl (C=O) groups is 1. The van der Waals surface area contributed by atoms with Crippen LogP contribution in [0.15, 0.2) is 53.7 Å². The number of anilines is 2. The fraction of sp³-hybridized carbons (Fsp3) is 0.433. The average molecular weight is 638 g/mol. The third-order valence-electron chi connectivity index (χ3n) is 6.66. The third kappa shape index (κ3) is 8.80. The first-order chi connectivity index (χ1) is 20.8. The zero-order valence-corrected chi connectivity index (χ0v) is 25.9. The van der Waals surface area contributed by atoms with Crippen LogP contribution in [-0.2, 0) is 17.5 Å². The first-order valence-electron chi connectivity index (χ1n) is 13.9. The Labute approximate surface area is 258 Å². The molecule has 0 unspecified atom stereocenters. The van der Waals surface area contributed by atoms with Crippen molar-refractivity contribution < 1.29 is 36.6 Å². The molecule has 1 amide bonds. The van der Waals surface area contributed by atoms with Crippen LogP contribution in [0.5, 0.6) is 11.5 Å². The second-order valence-electron chi connectivity index (χ2n) is 11.1. The van der Waals surface area contributed by atoms with Crippen molar-refractivity contribution in [2.45, 2.75) is 63.0 Å². The van der Waals surface area contributed by atoms with E-state index in [9.17, 15) is 22.4 Å². The van der Waals surface area contributed by atoms with E-state index in [1.54, 1.807) is 49.9 Å². The second kappa shape index (κ2) is 13.8. The van der Waals surface area contributed by atoms with E-state index in [0.29, 0.717) is 43.0 Å². The summed E-state index contributed by atoms with van der Waals surface area (Å²) < 4.78 is 74.6. The van der Waals surface area contributed by atoms with Crippen molar-refractivity contribution in [2.24, 2.45) is 0 Å². The molecule has 0 spiro atoms. The van der Waals surface area contributed by atoms with E-state index in [1.807, 2.05) is 0 Å². The Morgan fingerprint density at radius 3 is 2.43 bits per heavy atom. The summed E-state index contributed by atoms with van der Waals surface area (Å²) in [5.74, 6) is 0.481. The van der Waals surface area contributed by atoms with Gasteiger partial charge in [0.15, 0.2) is 0 Å². The molecule has 3 heterocycles. The van der Waals surface area contributed by atoms with Crippen LogP contribution in [0.3, 0.4) is 0 Å². The molecule has 1 fully saturated rings. The molecule has 3 aromatic rings. The van der Waals surface area contributed by atoms with Crippen LogP contribution in [0.4, 0.5) is 33.9 Å². The van der Waals surface area contributed by atoms with Crippen LogP contribution >= 0.6 is 11.9 Å². The number of ether oxygens (including phenoxy) is 3. The molecule has 1 saturated heterocycles. The maximum absolute atomic E-state index is 14.3. The topological polar surface area (TPSA) is 89.1 Å². The number of carbonyl (C=O) groups excluding carboxylic acids is 1. The van der Waals surface area contributed by atoms with Gasteiger partial charge in [-0.2, -0.15) is 17.6 Å². The molecule has 0 saturated carbocycles. The zero-order chi connectivity index (χ0) is 32.1. The normalized spacial score (nSPS) is 14.2. The van der Waals surface area contributed by atoms with Gasteiger partial charge in [0, 0.05) is 42.7 Å². The van der Waals surface area contributed by atoms with Crippen molar-refractivity contribution in [3.8, 4) is 11.5 Å². The van der Waals surface area contributed by atoms with Crippen molar-refractivity contribution >= 4 is 29.5 Å². The molecule has 0 aliphatic carbocycles. The van der Waals surface area contributed by atoms with E-state index in [0.717, 1.165) is 24.2 Å². The molecule has 9 nitrogen and oxygen atoms in total. The minimum absolute atomic E-state index is 0.0289. The van der Waals surface area contributed by atoms with E-state index in [1.165, 1.54) is 30.7 Å². The molecule has 0 bridgehead atoms. The van der Waals surface area contributed by atoms with Crippen LogP contribution in [-0.4, -0.2) is 59.9 Å². The van der Waals surface area contributed by atoms with Crippen molar-refractivity contribution in [1.29, 1.82) is 0 Å². The molecule has 238 valence electrons. The quantitative estimate of drug-likeness (QED) is 0.149. The van der Waals surface area contributed by atoms with E-state index in [2.05, 4.69) is 15.3 Å². The van der Waals surface area contributed by atoms with Gasteiger partial charge in [0.25, 0.3) is 0 Å². The molecule has 1 aliphatic rings. The Bertz CT molecular complexity index is 1450. The van der Waals surface area contributed by atoms with E-state index >= 15 is 0 Å². The highest BCUT2D eigenvalue weighted by molar-refractivity contribution is 8.00. The van der Waals surface area contributed by atoms with Gasteiger partial charge in [-0.05, 0) is 63.9 Å². The summed E-state index contributed by atoms with van der Waals surface area (Å²) in [6, 6.07) is 10.0. The van der Waals surface area contributed by atoms with Gasteiger partial charge in [-0.3, -0.25) is 4.31 Å². The highest BCUT2D eigenvalue weighted by Crippen LogP contribution is 2.39. The van der Waals surface area contributed by atoms with Crippen molar-refractivity contribution in [2.75, 3.05) is 36.9 Å². The predicted molar refractivity (Wildman–Crippen MR) is 159 cm³/mol. The monoisotopic (exact) mass is 637 g/mol. The van der Waals surface area contributed by atoms with E-state index in [4.69, 9.17) is 14.2 Å². The summed E-state index contributed by atoms with van der Waals surface area (Å²) >= 11 is 0.888. The molecule has 0 atom stereocenters. The van der Waals surface area contributed by atoms with Gasteiger partial charge in [-0.25, -0.2) is 14.8 Å². The Morgan fingerprint density at radius 2 is 1.82 bits per heavy atom. The number of rotatable bonds is 9. The fourth-order valence-electron chi connectivity index (χ4n) is 4.54. The van der Waals surface area contributed by atoms with Crippen LogP contribution in [0, 0.1) is 5.95 Å². The number of halogens is 4. The number of hydrogen-bond donors (Lipinski definition) is 1. The molecule has 1 aromatic carbocycles. The largest absolute Gasteiger partial charge is 0.497 e. The Kier molecular flexibility index (Phi) is 10.3. The van der Waals surface area contributed by atoms with Crippen LogP contribution in [0.1, 0.15) is 44.7 Å². The number of likely N-dealkylation sites (tertiary alicyclic amines) is 1. The Hall–Kier alpha value is -3.94. The third-order valence-corrected chi connectivity index (χ3v) is 7.61. The first-order valence-corrected chi connectivity index (χ1v) is 14.6. The van der Waals surface area contributed by atoms with Gasteiger partial charge in [0.2, 0.25) is 5.95 Å². The minimum Gasteiger partial charge on any atom is -0.497 e. The standard InChI is InChI=1S/C30H35F4N5O4S/c1-29(2,3)43-28(40)38-13-11-20(12-14-38)36-23-17-35-27(16-22(23)30(32,33)34)44-39(26-8-6-7-25(31)37-26)18-19-9-10-21(41-4)15-24(19)42-5/h6-10,15-17,20,36H,11-14,18H2,1-5H3. The van der Waals surface area contributed by atoms with E-state index in [-0.39, 0.29) is 29.1 Å². The molecule has 1 N–H and O–H groups in total. The molecule has 44 heavy (non-hydrogen) atoms. The summed E-state index contributed by atoms with van der Waals surface area (Å²) in [4.78, 5) is 22.2. The van der Waals surface area contributed by atoms with Gasteiger partial charge in [-0.1, -0.05) is 6.07 Å². The predicted octanol–water partition coefficient (Wildman–Crippen LogP) is 7.18. The number of hydrogen-bond acceptors (Lipinski definition) is 9. The molecule has 0 radical (unpaired) electrons. The Morgan fingerprint density at radius 1 is 1.09 bits per heavy atom. The zero-order valence-electron chi connectivity index (χ0n) is 25.1. The van der Waals surface area contributed by atoms with Gasteiger partial charge in [0.05, 0.1) is 38.2 Å². The number of pyridine rings is 2.